The maximum atomic E-state index is 11.5. The Kier molecular flexibility index (Phi) is 4.82. The fourth-order valence-corrected chi connectivity index (χ4v) is 2.06. The first-order valence-corrected chi connectivity index (χ1v) is 6.92. The SMILES string of the molecule is COC(=O)CCS(=O)(=O)Nc1cnc(Br)cn1. The molecule has 94 valence electrons. The standard InChI is InChI=1S/C8H10BrN3O4S/c1-16-8(13)2-3-17(14,15)12-7-5-10-6(9)4-11-7/h4-5H,2-3H2,1H3,(H,11,12). The summed E-state index contributed by atoms with van der Waals surface area (Å²) in [7, 11) is -2.42. The predicted octanol–water partition coefficient (Wildman–Crippen LogP) is 0.544. The number of methoxy groups -OCH3 is 1. The molecule has 0 aliphatic heterocycles. The Labute approximate surface area is 107 Å². The van der Waals surface area contributed by atoms with Gasteiger partial charge in [-0.15, -0.1) is 0 Å². The normalized spacial score (nSPS) is 10.9. The van der Waals surface area contributed by atoms with E-state index in [0.717, 1.165) is 0 Å². The van der Waals surface area contributed by atoms with Gasteiger partial charge in [0.05, 0.1) is 31.7 Å². The molecule has 1 rings (SSSR count). The highest BCUT2D eigenvalue weighted by Gasteiger charge is 2.14. The van der Waals surface area contributed by atoms with Crippen molar-refractivity contribution in [3.05, 3.63) is 17.0 Å². The lowest BCUT2D eigenvalue weighted by molar-refractivity contribution is -0.140. The van der Waals surface area contributed by atoms with Crippen molar-refractivity contribution in [2.45, 2.75) is 6.42 Å². The van der Waals surface area contributed by atoms with E-state index in [2.05, 4.69) is 35.4 Å². The van der Waals surface area contributed by atoms with Crippen LogP contribution in [-0.4, -0.2) is 37.2 Å². The van der Waals surface area contributed by atoms with Crippen LogP contribution in [0, 0.1) is 0 Å². The van der Waals surface area contributed by atoms with Gasteiger partial charge in [0.1, 0.15) is 4.60 Å². The van der Waals surface area contributed by atoms with Gasteiger partial charge >= 0.3 is 5.97 Å². The molecule has 1 N–H and O–H groups in total. The quantitative estimate of drug-likeness (QED) is 0.794. The van der Waals surface area contributed by atoms with Gasteiger partial charge in [0.2, 0.25) is 10.0 Å². The van der Waals surface area contributed by atoms with Crippen molar-refractivity contribution in [3.63, 3.8) is 0 Å². The molecule has 0 aromatic carbocycles. The van der Waals surface area contributed by atoms with E-state index >= 15 is 0 Å². The molecule has 0 spiro atoms. The Morgan fingerprint density at radius 1 is 1.47 bits per heavy atom. The third kappa shape index (κ3) is 5.09. The van der Waals surface area contributed by atoms with Crippen molar-refractivity contribution in [2.75, 3.05) is 17.6 Å². The monoisotopic (exact) mass is 323 g/mol. The van der Waals surface area contributed by atoms with Crippen molar-refractivity contribution >= 4 is 37.7 Å². The van der Waals surface area contributed by atoms with Crippen LogP contribution in [0.5, 0.6) is 0 Å². The van der Waals surface area contributed by atoms with E-state index in [4.69, 9.17) is 0 Å². The van der Waals surface area contributed by atoms with Gasteiger partial charge in [-0.25, -0.2) is 18.4 Å². The Bertz CT molecular complexity index is 488. The maximum absolute atomic E-state index is 11.5. The largest absolute Gasteiger partial charge is 0.469 e. The Balaban J connectivity index is 2.60. The number of carbonyl (C=O) groups is 1. The first kappa shape index (κ1) is 13.8. The summed E-state index contributed by atoms with van der Waals surface area (Å²) in [5.74, 6) is -0.854. The van der Waals surface area contributed by atoms with Crippen LogP contribution >= 0.6 is 15.9 Å². The number of ether oxygens (including phenoxy) is 1. The fraction of sp³-hybridized carbons (Fsp3) is 0.375. The summed E-state index contributed by atoms with van der Waals surface area (Å²) in [6.45, 7) is 0. The van der Waals surface area contributed by atoms with Crippen LogP contribution in [0.4, 0.5) is 5.82 Å². The minimum absolute atomic E-state index is 0.0954. The number of nitrogens with zero attached hydrogens (tertiary/aromatic N) is 2. The minimum atomic E-state index is -3.62. The molecule has 1 aromatic heterocycles. The van der Waals surface area contributed by atoms with E-state index in [1.165, 1.54) is 19.5 Å². The Morgan fingerprint density at radius 3 is 2.71 bits per heavy atom. The number of hydrogen-bond donors (Lipinski definition) is 1. The molecule has 0 saturated carbocycles. The molecule has 7 nitrogen and oxygen atoms in total. The molecular weight excluding hydrogens is 314 g/mol. The molecule has 0 unspecified atom stereocenters. The molecule has 1 aromatic rings. The molecule has 0 bridgehead atoms. The molecule has 0 saturated heterocycles. The zero-order valence-electron chi connectivity index (χ0n) is 8.88. The molecule has 0 fully saturated rings. The summed E-state index contributed by atoms with van der Waals surface area (Å²) in [6, 6.07) is 0. The Morgan fingerprint density at radius 2 is 2.18 bits per heavy atom. The van der Waals surface area contributed by atoms with Crippen molar-refractivity contribution < 1.29 is 17.9 Å². The van der Waals surface area contributed by atoms with Crippen LogP contribution in [0.1, 0.15) is 6.42 Å². The second-order valence-electron chi connectivity index (χ2n) is 2.97. The van der Waals surface area contributed by atoms with Gasteiger partial charge in [0.15, 0.2) is 5.82 Å². The van der Waals surface area contributed by atoms with Crippen molar-refractivity contribution in [1.29, 1.82) is 0 Å². The predicted molar refractivity (Wildman–Crippen MR) is 63.8 cm³/mol. The second-order valence-corrected chi connectivity index (χ2v) is 5.63. The number of esters is 1. The number of sulfonamides is 1. The zero-order valence-corrected chi connectivity index (χ0v) is 11.3. The van der Waals surface area contributed by atoms with Gasteiger partial charge < -0.3 is 4.74 Å². The van der Waals surface area contributed by atoms with Crippen LogP contribution in [0.25, 0.3) is 0 Å². The third-order valence-electron chi connectivity index (χ3n) is 1.68. The molecule has 0 aliphatic rings. The first-order chi connectivity index (χ1) is 7.93. The number of hydrogen-bond acceptors (Lipinski definition) is 6. The molecule has 9 heteroatoms. The van der Waals surface area contributed by atoms with E-state index in [-0.39, 0.29) is 18.0 Å². The van der Waals surface area contributed by atoms with Crippen LogP contribution in [0.2, 0.25) is 0 Å². The number of nitrogens with one attached hydrogen (secondary N) is 1. The lowest BCUT2D eigenvalue weighted by Gasteiger charge is -2.05. The summed E-state index contributed by atoms with van der Waals surface area (Å²) in [5.41, 5.74) is 0. The number of rotatable bonds is 5. The molecule has 0 amide bonds. The number of carbonyl (C=O) groups excluding carboxylic acids is 1. The van der Waals surface area contributed by atoms with E-state index < -0.39 is 16.0 Å². The highest BCUT2D eigenvalue weighted by molar-refractivity contribution is 9.10. The summed E-state index contributed by atoms with van der Waals surface area (Å²) in [4.78, 5) is 18.4. The van der Waals surface area contributed by atoms with Crippen molar-refractivity contribution in [3.8, 4) is 0 Å². The zero-order chi connectivity index (χ0) is 12.9. The number of halogens is 1. The minimum Gasteiger partial charge on any atom is -0.469 e. The molecule has 0 atom stereocenters. The molecule has 17 heavy (non-hydrogen) atoms. The van der Waals surface area contributed by atoms with Gasteiger partial charge in [0.25, 0.3) is 0 Å². The van der Waals surface area contributed by atoms with E-state index in [0.29, 0.717) is 4.60 Å². The van der Waals surface area contributed by atoms with Crippen molar-refractivity contribution in [2.24, 2.45) is 0 Å². The van der Waals surface area contributed by atoms with Crippen LogP contribution in [0.3, 0.4) is 0 Å². The van der Waals surface area contributed by atoms with Gasteiger partial charge in [0, 0.05) is 0 Å². The fourth-order valence-electron chi connectivity index (χ4n) is 0.895. The lowest BCUT2D eigenvalue weighted by Crippen LogP contribution is -2.20. The average molecular weight is 324 g/mol. The van der Waals surface area contributed by atoms with Gasteiger partial charge in [-0.2, -0.15) is 0 Å². The topological polar surface area (TPSA) is 98.2 Å². The molecule has 0 aliphatic carbocycles. The number of aromatic nitrogens is 2. The number of anilines is 1. The average Bonchev–Trinajstić information content (AvgIpc) is 2.29. The summed E-state index contributed by atoms with van der Waals surface area (Å²) in [5, 5.41) is 0. The summed E-state index contributed by atoms with van der Waals surface area (Å²) < 4.78 is 30.1. The molecular formula is C8H10BrN3O4S. The van der Waals surface area contributed by atoms with Gasteiger partial charge in [-0.3, -0.25) is 9.52 Å². The van der Waals surface area contributed by atoms with Crippen LogP contribution in [-0.2, 0) is 19.6 Å². The van der Waals surface area contributed by atoms with Gasteiger partial charge in [-0.1, -0.05) is 0 Å². The van der Waals surface area contributed by atoms with Crippen LogP contribution < -0.4 is 4.72 Å². The smallest absolute Gasteiger partial charge is 0.306 e. The molecule has 0 radical (unpaired) electrons. The van der Waals surface area contributed by atoms with Crippen LogP contribution in [0.15, 0.2) is 17.0 Å². The third-order valence-corrected chi connectivity index (χ3v) is 3.35. The van der Waals surface area contributed by atoms with Crippen molar-refractivity contribution in [1.82, 2.24) is 9.97 Å². The maximum Gasteiger partial charge on any atom is 0.306 e. The van der Waals surface area contributed by atoms with E-state index in [1.54, 1.807) is 0 Å². The van der Waals surface area contributed by atoms with Gasteiger partial charge in [-0.05, 0) is 15.9 Å². The summed E-state index contributed by atoms with van der Waals surface area (Å²) >= 11 is 3.07. The molecule has 1 heterocycles. The first-order valence-electron chi connectivity index (χ1n) is 4.48. The Hall–Kier alpha value is -1.22. The highest BCUT2D eigenvalue weighted by Crippen LogP contribution is 2.08. The van der Waals surface area contributed by atoms with E-state index in [9.17, 15) is 13.2 Å². The summed E-state index contributed by atoms with van der Waals surface area (Å²) in [6.07, 6.45) is 2.41. The van der Waals surface area contributed by atoms with E-state index in [1.807, 2.05) is 0 Å². The second kappa shape index (κ2) is 5.92. The highest BCUT2D eigenvalue weighted by atomic mass is 79.9. The lowest BCUT2D eigenvalue weighted by atomic mass is 10.5.